The fraction of sp³-hybridized carbons (Fsp3) is 0.545. The van der Waals surface area contributed by atoms with Gasteiger partial charge in [0.05, 0.1) is 5.69 Å². The van der Waals surface area contributed by atoms with Crippen LogP contribution < -0.4 is 0 Å². The molecule has 0 aromatic carbocycles. The maximum atomic E-state index is 10.4. The molecule has 0 atom stereocenters. The van der Waals surface area contributed by atoms with Gasteiger partial charge in [-0.15, -0.1) is 15.3 Å². The molecule has 0 saturated heterocycles. The average Bonchev–Trinajstić information content (AvgIpc) is 2.95. The quantitative estimate of drug-likeness (QED) is 0.738. The molecular formula is C11H15N5O3. The topological polar surface area (TPSA) is 107 Å². The average molecular weight is 265 g/mol. The van der Waals surface area contributed by atoms with Crippen molar-refractivity contribution in [2.75, 3.05) is 0 Å². The Balaban J connectivity index is 1.80. The monoisotopic (exact) mass is 265 g/mol. The van der Waals surface area contributed by atoms with Gasteiger partial charge in [-0.25, -0.2) is 4.68 Å². The van der Waals surface area contributed by atoms with E-state index in [9.17, 15) is 4.79 Å². The van der Waals surface area contributed by atoms with Crippen molar-refractivity contribution in [2.24, 2.45) is 0 Å². The fourth-order valence-electron chi connectivity index (χ4n) is 1.65. The van der Waals surface area contributed by atoms with E-state index in [1.807, 2.05) is 0 Å². The number of aryl methyl sites for hydroxylation is 2. The molecule has 0 spiro atoms. The molecule has 0 aliphatic rings. The number of nitrogens with zero attached hydrogens (tertiary/aromatic N) is 5. The van der Waals surface area contributed by atoms with Gasteiger partial charge in [-0.1, -0.05) is 5.21 Å². The van der Waals surface area contributed by atoms with Crippen molar-refractivity contribution in [3.8, 4) is 0 Å². The van der Waals surface area contributed by atoms with Crippen LogP contribution in [-0.2, 0) is 17.8 Å². The Morgan fingerprint density at radius 2 is 2.21 bits per heavy atom. The van der Waals surface area contributed by atoms with Crippen LogP contribution in [0.4, 0.5) is 0 Å². The zero-order valence-corrected chi connectivity index (χ0v) is 10.6. The molecule has 0 amide bonds. The molecule has 102 valence electrons. The molecule has 2 heterocycles. The highest BCUT2D eigenvalue weighted by Gasteiger charge is 2.06. The minimum absolute atomic E-state index is 0.190. The molecule has 8 heteroatoms. The first-order chi connectivity index (χ1) is 9.13. The van der Waals surface area contributed by atoms with Gasteiger partial charge in [0, 0.05) is 19.5 Å². The lowest BCUT2D eigenvalue weighted by Gasteiger charge is -1.95. The minimum atomic E-state index is -0.768. The van der Waals surface area contributed by atoms with Crippen LogP contribution in [0, 0.1) is 6.92 Å². The molecule has 0 fully saturated rings. The highest BCUT2D eigenvalue weighted by atomic mass is 16.4. The molecule has 2 aromatic heterocycles. The largest absolute Gasteiger partial charge is 0.481 e. The van der Waals surface area contributed by atoms with Crippen LogP contribution in [0.25, 0.3) is 0 Å². The standard InChI is InChI=1S/C11H15N5O3/c1-8-12-14-10(19-8)7-16-6-9(13-15-16)4-2-3-5-11(17)18/h6H,2-5,7H2,1H3,(H,17,18). The predicted octanol–water partition coefficient (Wildman–Crippen LogP) is 0.815. The van der Waals surface area contributed by atoms with E-state index >= 15 is 0 Å². The second-order valence-corrected chi connectivity index (χ2v) is 4.22. The number of carboxylic acids is 1. The molecule has 0 unspecified atom stereocenters. The molecule has 0 aliphatic heterocycles. The third-order valence-electron chi connectivity index (χ3n) is 2.52. The first-order valence-electron chi connectivity index (χ1n) is 6.03. The summed E-state index contributed by atoms with van der Waals surface area (Å²) >= 11 is 0. The summed E-state index contributed by atoms with van der Waals surface area (Å²) in [6.45, 7) is 2.12. The van der Waals surface area contributed by atoms with Gasteiger partial charge in [0.1, 0.15) is 6.54 Å². The smallest absolute Gasteiger partial charge is 0.303 e. The van der Waals surface area contributed by atoms with Crippen molar-refractivity contribution < 1.29 is 14.3 Å². The van der Waals surface area contributed by atoms with Gasteiger partial charge < -0.3 is 9.52 Å². The molecule has 1 N–H and O–H groups in total. The molecule has 19 heavy (non-hydrogen) atoms. The Bertz CT molecular complexity index is 548. The van der Waals surface area contributed by atoms with Crippen LogP contribution in [0.5, 0.6) is 0 Å². The molecule has 0 bridgehead atoms. The first-order valence-corrected chi connectivity index (χ1v) is 6.03. The van der Waals surface area contributed by atoms with Gasteiger partial charge in [-0.2, -0.15) is 0 Å². The van der Waals surface area contributed by atoms with E-state index in [-0.39, 0.29) is 6.42 Å². The molecule has 0 radical (unpaired) electrons. The van der Waals surface area contributed by atoms with E-state index in [2.05, 4.69) is 20.5 Å². The summed E-state index contributed by atoms with van der Waals surface area (Å²) < 4.78 is 6.87. The molecule has 0 aliphatic carbocycles. The van der Waals surface area contributed by atoms with Crippen molar-refractivity contribution in [1.29, 1.82) is 0 Å². The predicted molar refractivity (Wildman–Crippen MR) is 63.3 cm³/mol. The van der Waals surface area contributed by atoms with Crippen molar-refractivity contribution in [3.05, 3.63) is 23.7 Å². The third-order valence-corrected chi connectivity index (χ3v) is 2.52. The van der Waals surface area contributed by atoms with Crippen LogP contribution in [0.15, 0.2) is 10.6 Å². The number of aromatic nitrogens is 5. The fourth-order valence-corrected chi connectivity index (χ4v) is 1.65. The van der Waals surface area contributed by atoms with Crippen LogP contribution >= 0.6 is 0 Å². The lowest BCUT2D eigenvalue weighted by atomic mass is 10.1. The van der Waals surface area contributed by atoms with Gasteiger partial charge in [-0.05, 0) is 19.3 Å². The lowest BCUT2D eigenvalue weighted by molar-refractivity contribution is -0.137. The number of aliphatic carboxylic acids is 1. The van der Waals surface area contributed by atoms with Gasteiger partial charge in [0.15, 0.2) is 0 Å². The summed E-state index contributed by atoms with van der Waals surface area (Å²) in [5, 5.41) is 24.1. The van der Waals surface area contributed by atoms with E-state index in [1.54, 1.807) is 17.8 Å². The summed E-state index contributed by atoms with van der Waals surface area (Å²) in [6.07, 6.45) is 4.14. The van der Waals surface area contributed by atoms with Crippen LogP contribution in [0.3, 0.4) is 0 Å². The van der Waals surface area contributed by atoms with Crippen molar-refractivity contribution in [1.82, 2.24) is 25.2 Å². The Labute approximate surface area is 109 Å². The number of unbranched alkanes of at least 4 members (excludes halogenated alkanes) is 1. The van der Waals surface area contributed by atoms with Gasteiger partial charge >= 0.3 is 5.97 Å². The SMILES string of the molecule is Cc1nnc(Cn2cc(CCCCC(=O)O)nn2)o1. The Kier molecular flexibility index (Phi) is 4.22. The van der Waals surface area contributed by atoms with Crippen LogP contribution in [0.1, 0.15) is 36.7 Å². The normalized spacial score (nSPS) is 10.8. The summed E-state index contributed by atoms with van der Waals surface area (Å²) in [7, 11) is 0. The van der Waals surface area contributed by atoms with Crippen LogP contribution in [0.2, 0.25) is 0 Å². The summed E-state index contributed by atoms with van der Waals surface area (Å²) in [5.41, 5.74) is 0.835. The molecular weight excluding hydrogens is 250 g/mol. The van der Waals surface area contributed by atoms with E-state index < -0.39 is 5.97 Å². The minimum Gasteiger partial charge on any atom is -0.481 e. The zero-order chi connectivity index (χ0) is 13.7. The number of rotatable bonds is 7. The number of hydrogen-bond donors (Lipinski definition) is 1. The van der Waals surface area contributed by atoms with E-state index in [4.69, 9.17) is 9.52 Å². The van der Waals surface area contributed by atoms with Gasteiger partial charge in [0.25, 0.3) is 0 Å². The maximum absolute atomic E-state index is 10.4. The lowest BCUT2D eigenvalue weighted by Crippen LogP contribution is -2.00. The third kappa shape index (κ3) is 4.16. The van der Waals surface area contributed by atoms with Gasteiger partial charge in [0.2, 0.25) is 11.8 Å². The number of carboxylic acid groups (broad SMARTS) is 1. The maximum Gasteiger partial charge on any atom is 0.303 e. The Hall–Kier alpha value is -2.25. The van der Waals surface area contributed by atoms with Crippen LogP contribution in [-0.4, -0.2) is 36.3 Å². The van der Waals surface area contributed by atoms with Crippen molar-refractivity contribution in [2.45, 2.75) is 39.2 Å². The molecule has 8 nitrogen and oxygen atoms in total. The first kappa shape index (κ1) is 13.2. The second-order valence-electron chi connectivity index (χ2n) is 4.22. The number of carbonyl (C=O) groups is 1. The molecule has 2 aromatic rings. The van der Waals surface area contributed by atoms with Gasteiger partial charge in [-0.3, -0.25) is 4.79 Å². The Morgan fingerprint density at radius 3 is 2.89 bits per heavy atom. The summed E-state index contributed by atoms with van der Waals surface area (Å²) in [4.78, 5) is 10.4. The Morgan fingerprint density at radius 1 is 1.37 bits per heavy atom. The molecule has 2 rings (SSSR count). The number of hydrogen-bond acceptors (Lipinski definition) is 6. The van der Waals surface area contributed by atoms with E-state index in [0.717, 1.165) is 18.5 Å². The summed E-state index contributed by atoms with van der Waals surface area (Å²) in [5.74, 6) is 0.235. The van der Waals surface area contributed by atoms with Crippen molar-refractivity contribution in [3.63, 3.8) is 0 Å². The second kappa shape index (κ2) is 6.07. The van der Waals surface area contributed by atoms with Crippen molar-refractivity contribution >= 4 is 5.97 Å². The molecule has 0 saturated carbocycles. The highest BCUT2D eigenvalue weighted by Crippen LogP contribution is 2.05. The van der Waals surface area contributed by atoms with E-state index in [1.165, 1.54) is 0 Å². The zero-order valence-electron chi connectivity index (χ0n) is 10.6. The van der Waals surface area contributed by atoms with E-state index in [0.29, 0.717) is 24.7 Å². The highest BCUT2D eigenvalue weighted by molar-refractivity contribution is 5.66. The summed E-state index contributed by atoms with van der Waals surface area (Å²) in [6, 6.07) is 0.